The predicted octanol–water partition coefficient (Wildman–Crippen LogP) is 4.07. The van der Waals surface area contributed by atoms with E-state index in [0.29, 0.717) is 16.9 Å². The SMILES string of the molecule is Cc1cc(C(=O)COc2ccc(C)c(F)c2)c(C)s1. The van der Waals surface area contributed by atoms with Gasteiger partial charge in [0.25, 0.3) is 0 Å². The minimum atomic E-state index is -0.326. The van der Waals surface area contributed by atoms with Crippen molar-refractivity contribution in [2.45, 2.75) is 20.8 Å². The first-order valence-electron chi connectivity index (χ1n) is 5.96. The number of hydrogen-bond acceptors (Lipinski definition) is 3. The Morgan fingerprint density at radius 1 is 1.26 bits per heavy atom. The van der Waals surface area contributed by atoms with Gasteiger partial charge >= 0.3 is 0 Å². The van der Waals surface area contributed by atoms with E-state index in [9.17, 15) is 9.18 Å². The summed E-state index contributed by atoms with van der Waals surface area (Å²) >= 11 is 1.59. The predicted molar refractivity (Wildman–Crippen MR) is 74.8 cm³/mol. The van der Waals surface area contributed by atoms with Crippen LogP contribution >= 0.6 is 11.3 Å². The second kappa shape index (κ2) is 5.53. The van der Waals surface area contributed by atoms with Crippen molar-refractivity contribution in [1.29, 1.82) is 0 Å². The summed E-state index contributed by atoms with van der Waals surface area (Å²) in [7, 11) is 0. The molecule has 1 aromatic carbocycles. The molecule has 0 bridgehead atoms. The van der Waals surface area contributed by atoms with Crippen LogP contribution in [0.25, 0.3) is 0 Å². The van der Waals surface area contributed by atoms with E-state index in [1.54, 1.807) is 30.4 Å². The van der Waals surface area contributed by atoms with Crippen molar-refractivity contribution >= 4 is 17.1 Å². The normalized spacial score (nSPS) is 10.5. The number of aryl methyl sites for hydroxylation is 3. The van der Waals surface area contributed by atoms with Gasteiger partial charge in [0.05, 0.1) is 0 Å². The number of ketones is 1. The van der Waals surface area contributed by atoms with Crippen LogP contribution in [0.5, 0.6) is 5.75 Å². The average molecular weight is 278 g/mol. The second-order valence-corrected chi connectivity index (χ2v) is 5.91. The van der Waals surface area contributed by atoms with Crippen LogP contribution in [0.2, 0.25) is 0 Å². The van der Waals surface area contributed by atoms with Gasteiger partial charge < -0.3 is 4.74 Å². The molecule has 0 aliphatic rings. The highest BCUT2D eigenvalue weighted by molar-refractivity contribution is 7.12. The molecule has 0 radical (unpaired) electrons. The molecule has 1 aromatic heterocycles. The molecule has 0 unspecified atom stereocenters. The topological polar surface area (TPSA) is 26.3 Å². The Labute approximate surface area is 115 Å². The second-order valence-electron chi connectivity index (χ2n) is 4.45. The fraction of sp³-hybridized carbons (Fsp3) is 0.267. The van der Waals surface area contributed by atoms with Crippen LogP contribution in [-0.2, 0) is 0 Å². The molecule has 2 nitrogen and oxygen atoms in total. The van der Waals surface area contributed by atoms with Crippen molar-refractivity contribution in [3.05, 3.63) is 51.0 Å². The molecule has 0 saturated carbocycles. The minimum absolute atomic E-state index is 0.0699. The lowest BCUT2D eigenvalue weighted by molar-refractivity contribution is 0.0921. The van der Waals surface area contributed by atoms with E-state index in [2.05, 4.69) is 0 Å². The summed E-state index contributed by atoms with van der Waals surface area (Å²) in [6.45, 7) is 5.49. The number of carbonyl (C=O) groups is 1. The molecule has 0 fully saturated rings. The van der Waals surface area contributed by atoms with E-state index in [1.807, 2.05) is 19.9 Å². The molecule has 2 aromatic rings. The lowest BCUT2D eigenvalue weighted by atomic mass is 10.2. The third-order valence-electron chi connectivity index (χ3n) is 2.85. The Kier molecular flexibility index (Phi) is 4.00. The molecule has 0 atom stereocenters. The van der Waals surface area contributed by atoms with Gasteiger partial charge in [-0.25, -0.2) is 4.39 Å². The zero-order chi connectivity index (χ0) is 14.0. The van der Waals surface area contributed by atoms with E-state index >= 15 is 0 Å². The number of halogens is 1. The molecule has 0 saturated heterocycles. The van der Waals surface area contributed by atoms with Crippen molar-refractivity contribution in [2.24, 2.45) is 0 Å². The van der Waals surface area contributed by atoms with Crippen LogP contribution in [0.3, 0.4) is 0 Å². The highest BCUT2D eigenvalue weighted by Crippen LogP contribution is 2.22. The molecule has 100 valence electrons. The van der Waals surface area contributed by atoms with Crippen molar-refractivity contribution in [3.8, 4) is 5.75 Å². The molecule has 0 amide bonds. The fourth-order valence-electron chi connectivity index (χ4n) is 1.80. The highest BCUT2D eigenvalue weighted by atomic mass is 32.1. The number of carbonyl (C=O) groups excluding carboxylic acids is 1. The van der Waals surface area contributed by atoms with Gasteiger partial charge in [-0.15, -0.1) is 11.3 Å². The minimum Gasteiger partial charge on any atom is -0.485 e. The van der Waals surface area contributed by atoms with Crippen molar-refractivity contribution in [3.63, 3.8) is 0 Å². The molecule has 1 heterocycles. The third-order valence-corrected chi connectivity index (χ3v) is 3.82. The number of thiophene rings is 1. The summed E-state index contributed by atoms with van der Waals surface area (Å²) in [4.78, 5) is 14.1. The summed E-state index contributed by atoms with van der Waals surface area (Å²) in [5, 5.41) is 0. The lowest BCUT2D eigenvalue weighted by Gasteiger charge is -2.06. The smallest absolute Gasteiger partial charge is 0.201 e. The molecule has 4 heteroatoms. The monoisotopic (exact) mass is 278 g/mol. The largest absolute Gasteiger partial charge is 0.485 e. The molecule has 0 aliphatic carbocycles. The molecular formula is C15H15FO2S. The molecule has 0 spiro atoms. The first-order chi connectivity index (χ1) is 8.97. The van der Waals surface area contributed by atoms with E-state index in [4.69, 9.17) is 4.74 Å². The van der Waals surface area contributed by atoms with Gasteiger partial charge in [0, 0.05) is 21.4 Å². The van der Waals surface area contributed by atoms with Gasteiger partial charge in [-0.05, 0) is 38.5 Å². The van der Waals surface area contributed by atoms with Gasteiger partial charge in [0.1, 0.15) is 11.6 Å². The van der Waals surface area contributed by atoms with Crippen molar-refractivity contribution in [1.82, 2.24) is 0 Å². The highest BCUT2D eigenvalue weighted by Gasteiger charge is 2.13. The third kappa shape index (κ3) is 3.20. The lowest BCUT2D eigenvalue weighted by Crippen LogP contribution is -2.11. The summed E-state index contributed by atoms with van der Waals surface area (Å²) < 4.78 is 18.7. The molecule has 0 N–H and O–H groups in total. The number of benzene rings is 1. The molecule has 2 rings (SSSR count). The van der Waals surface area contributed by atoms with E-state index in [-0.39, 0.29) is 18.2 Å². The summed E-state index contributed by atoms with van der Waals surface area (Å²) in [6, 6.07) is 6.46. The van der Waals surface area contributed by atoms with E-state index in [0.717, 1.165) is 9.75 Å². The zero-order valence-corrected chi connectivity index (χ0v) is 11.9. The summed E-state index contributed by atoms with van der Waals surface area (Å²) in [6.07, 6.45) is 0. The van der Waals surface area contributed by atoms with Crippen LogP contribution in [0.15, 0.2) is 24.3 Å². The van der Waals surface area contributed by atoms with Gasteiger partial charge in [-0.2, -0.15) is 0 Å². The Morgan fingerprint density at radius 3 is 2.58 bits per heavy atom. The molecular weight excluding hydrogens is 263 g/mol. The number of hydrogen-bond donors (Lipinski definition) is 0. The standard InChI is InChI=1S/C15H15FO2S/c1-9-4-5-12(7-14(9)16)18-8-15(17)13-6-10(2)19-11(13)3/h4-7H,8H2,1-3H3. The zero-order valence-electron chi connectivity index (χ0n) is 11.1. The Hall–Kier alpha value is -1.68. The maximum atomic E-state index is 13.3. The number of ether oxygens (including phenoxy) is 1. The van der Waals surface area contributed by atoms with Gasteiger partial charge in [-0.1, -0.05) is 6.07 Å². The van der Waals surface area contributed by atoms with Gasteiger partial charge in [0.2, 0.25) is 5.78 Å². The fourth-order valence-corrected chi connectivity index (χ4v) is 2.74. The van der Waals surface area contributed by atoms with Crippen LogP contribution in [0.4, 0.5) is 4.39 Å². The molecule has 0 aliphatic heterocycles. The van der Waals surface area contributed by atoms with Crippen LogP contribution < -0.4 is 4.74 Å². The Balaban J connectivity index is 2.04. The maximum absolute atomic E-state index is 13.3. The van der Waals surface area contributed by atoms with Crippen LogP contribution in [-0.4, -0.2) is 12.4 Å². The maximum Gasteiger partial charge on any atom is 0.201 e. The number of rotatable bonds is 4. The Morgan fingerprint density at radius 2 is 2.00 bits per heavy atom. The van der Waals surface area contributed by atoms with Crippen LogP contribution in [0, 0.1) is 26.6 Å². The Bertz CT molecular complexity index is 617. The van der Waals surface area contributed by atoms with Gasteiger partial charge in [-0.3, -0.25) is 4.79 Å². The average Bonchev–Trinajstić information content (AvgIpc) is 2.70. The van der Waals surface area contributed by atoms with Crippen molar-refractivity contribution < 1.29 is 13.9 Å². The van der Waals surface area contributed by atoms with E-state index < -0.39 is 0 Å². The molecule has 19 heavy (non-hydrogen) atoms. The quantitative estimate of drug-likeness (QED) is 0.788. The van der Waals surface area contributed by atoms with Gasteiger partial charge in [0.15, 0.2) is 6.61 Å². The summed E-state index contributed by atoms with van der Waals surface area (Å²) in [5.74, 6) is -0.0311. The first kappa shape index (κ1) is 13.7. The summed E-state index contributed by atoms with van der Waals surface area (Å²) in [5.41, 5.74) is 1.25. The van der Waals surface area contributed by atoms with Crippen molar-refractivity contribution in [2.75, 3.05) is 6.61 Å². The van der Waals surface area contributed by atoms with E-state index in [1.165, 1.54) is 6.07 Å². The first-order valence-corrected chi connectivity index (χ1v) is 6.78. The van der Waals surface area contributed by atoms with Crippen LogP contribution in [0.1, 0.15) is 25.7 Å². The number of Topliss-reactive ketones (excluding diaryl/α,β-unsaturated/α-hetero) is 1.